The lowest BCUT2D eigenvalue weighted by Gasteiger charge is -2.25. The van der Waals surface area contributed by atoms with Crippen molar-refractivity contribution in [2.75, 3.05) is 7.05 Å². The zero-order valence-electron chi connectivity index (χ0n) is 11.7. The van der Waals surface area contributed by atoms with Gasteiger partial charge < -0.3 is 5.11 Å². The smallest absolute Gasteiger partial charge is 0.247 e. The van der Waals surface area contributed by atoms with Gasteiger partial charge in [-0.15, -0.1) is 0 Å². The van der Waals surface area contributed by atoms with Crippen LogP contribution in [0.1, 0.15) is 18.5 Å². The number of halogens is 1. The lowest BCUT2D eigenvalue weighted by molar-refractivity contribution is 0.392. The van der Waals surface area contributed by atoms with E-state index in [9.17, 15) is 13.5 Å². The second kappa shape index (κ2) is 6.05. The van der Waals surface area contributed by atoms with Crippen LogP contribution in [0.4, 0.5) is 0 Å². The molecule has 0 aliphatic heterocycles. The van der Waals surface area contributed by atoms with Gasteiger partial charge in [-0.05, 0) is 36.8 Å². The van der Waals surface area contributed by atoms with Gasteiger partial charge in [0.25, 0.3) is 0 Å². The lowest BCUT2D eigenvalue weighted by atomic mass is 10.1. The summed E-state index contributed by atoms with van der Waals surface area (Å²) in [7, 11) is -2.31. The van der Waals surface area contributed by atoms with Gasteiger partial charge in [0.1, 0.15) is 10.6 Å². The van der Waals surface area contributed by atoms with Crippen molar-refractivity contribution in [3.63, 3.8) is 0 Å². The molecule has 0 amide bonds. The number of aromatic hydroxyl groups is 1. The molecule has 0 bridgehead atoms. The van der Waals surface area contributed by atoms with Gasteiger partial charge in [0.15, 0.2) is 0 Å². The summed E-state index contributed by atoms with van der Waals surface area (Å²) < 4.78 is 26.4. The first-order valence-corrected chi connectivity index (χ1v) is 8.17. The minimum atomic E-state index is -3.79. The van der Waals surface area contributed by atoms with E-state index in [1.165, 1.54) is 23.5 Å². The van der Waals surface area contributed by atoms with Gasteiger partial charge in [0.2, 0.25) is 10.0 Å². The normalized spacial score (nSPS) is 13.3. The predicted octanol–water partition coefficient (Wildman–Crippen LogP) is 3.43. The maximum Gasteiger partial charge on any atom is 0.247 e. The minimum absolute atomic E-state index is 0.110. The maximum absolute atomic E-state index is 12.6. The number of rotatable bonds is 4. The van der Waals surface area contributed by atoms with Crippen LogP contribution in [0.2, 0.25) is 5.02 Å². The molecule has 2 rings (SSSR count). The average Bonchev–Trinajstić information content (AvgIpc) is 2.46. The Morgan fingerprint density at radius 1 is 1.14 bits per heavy atom. The molecule has 0 aliphatic carbocycles. The molecular formula is C15H16ClNO3S. The van der Waals surface area contributed by atoms with Crippen molar-refractivity contribution < 1.29 is 13.5 Å². The van der Waals surface area contributed by atoms with Gasteiger partial charge >= 0.3 is 0 Å². The standard InChI is InChI=1S/C15H16ClNO3S/c1-11(12-6-5-7-13(16)10-12)17(2)21(19,20)15-9-4-3-8-14(15)18/h3-11,18H,1-2H3. The summed E-state index contributed by atoms with van der Waals surface area (Å²) in [5, 5.41) is 10.3. The fraction of sp³-hybridized carbons (Fsp3) is 0.200. The third-order valence-electron chi connectivity index (χ3n) is 3.40. The van der Waals surface area contributed by atoms with E-state index in [1.54, 1.807) is 37.3 Å². The Hall–Kier alpha value is -1.56. The second-order valence-corrected chi connectivity index (χ2v) is 7.12. The molecule has 2 aromatic carbocycles. The van der Waals surface area contributed by atoms with E-state index in [0.717, 1.165) is 5.56 Å². The molecule has 0 fully saturated rings. The highest BCUT2D eigenvalue weighted by atomic mass is 35.5. The largest absolute Gasteiger partial charge is 0.507 e. The zero-order chi connectivity index (χ0) is 15.6. The average molecular weight is 326 g/mol. The van der Waals surface area contributed by atoms with Gasteiger partial charge in [0, 0.05) is 18.1 Å². The lowest BCUT2D eigenvalue weighted by Crippen LogP contribution is -2.29. The molecule has 4 nitrogen and oxygen atoms in total. The van der Waals surface area contributed by atoms with Crippen molar-refractivity contribution in [2.45, 2.75) is 17.9 Å². The first-order chi connectivity index (χ1) is 9.84. The molecular weight excluding hydrogens is 310 g/mol. The second-order valence-electron chi connectivity index (χ2n) is 4.72. The van der Waals surface area contributed by atoms with E-state index in [-0.39, 0.29) is 10.6 Å². The monoisotopic (exact) mass is 325 g/mol. The van der Waals surface area contributed by atoms with E-state index < -0.39 is 16.1 Å². The van der Waals surface area contributed by atoms with Gasteiger partial charge in [-0.1, -0.05) is 35.9 Å². The van der Waals surface area contributed by atoms with Crippen molar-refractivity contribution in [1.29, 1.82) is 0 Å². The zero-order valence-corrected chi connectivity index (χ0v) is 13.3. The summed E-state index contributed by atoms with van der Waals surface area (Å²) in [5.41, 5.74) is 0.781. The maximum atomic E-state index is 12.6. The highest BCUT2D eigenvalue weighted by Crippen LogP contribution is 2.30. The van der Waals surface area contributed by atoms with Crippen LogP contribution in [0.5, 0.6) is 5.75 Å². The molecule has 0 spiro atoms. The number of sulfonamides is 1. The molecule has 0 saturated carbocycles. The first kappa shape index (κ1) is 15.8. The Kier molecular flexibility index (Phi) is 4.56. The Morgan fingerprint density at radius 3 is 2.43 bits per heavy atom. The Balaban J connectivity index is 2.39. The van der Waals surface area contributed by atoms with E-state index >= 15 is 0 Å². The molecule has 1 N–H and O–H groups in total. The summed E-state index contributed by atoms with van der Waals surface area (Å²) in [6.07, 6.45) is 0. The van der Waals surface area contributed by atoms with E-state index in [1.807, 2.05) is 6.07 Å². The Bertz CT molecular complexity index is 746. The highest BCUT2D eigenvalue weighted by molar-refractivity contribution is 7.89. The van der Waals surface area contributed by atoms with Crippen LogP contribution in [-0.4, -0.2) is 24.9 Å². The molecule has 0 saturated heterocycles. The molecule has 0 heterocycles. The SMILES string of the molecule is CC(c1cccc(Cl)c1)N(C)S(=O)(=O)c1ccccc1O. The van der Waals surface area contributed by atoms with Crippen LogP contribution < -0.4 is 0 Å². The summed E-state index contributed by atoms with van der Waals surface area (Å²) in [4.78, 5) is -0.110. The van der Waals surface area contributed by atoms with E-state index in [2.05, 4.69) is 0 Å². The minimum Gasteiger partial charge on any atom is -0.507 e. The number of benzene rings is 2. The van der Waals surface area contributed by atoms with Gasteiger partial charge in [-0.3, -0.25) is 0 Å². The van der Waals surface area contributed by atoms with Crippen LogP contribution in [0, 0.1) is 0 Å². The van der Waals surface area contributed by atoms with Crippen molar-refractivity contribution in [2.24, 2.45) is 0 Å². The van der Waals surface area contributed by atoms with Crippen molar-refractivity contribution >= 4 is 21.6 Å². The van der Waals surface area contributed by atoms with Crippen LogP contribution >= 0.6 is 11.6 Å². The third kappa shape index (κ3) is 3.20. The molecule has 112 valence electrons. The Morgan fingerprint density at radius 2 is 1.81 bits per heavy atom. The van der Waals surface area contributed by atoms with E-state index in [4.69, 9.17) is 11.6 Å². The summed E-state index contributed by atoms with van der Waals surface area (Å²) in [6, 6.07) is 12.5. The van der Waals surface area contributed by atoms with E-state index in [0.29, 0.717) is 5.02 Å². The van der Waals surface area contributed by atoms with Crippen LogP contribution in [0.25, 0.3) is 0 Å². The summed E-state index contributed by atoms with van der Waals surface area (Å²) in [6.45, 7) is 1.77. The summed E-state index contributed by atoms with van der Waals surface area (Å²) >= 11 is 5.94. The summed E-state index contributed by atoms with van der Waals surface area (Å²) in [5.74, 6) is -0.261. The van der Waals surface area contributed by atoms with Gasteiger partial charge in [-0.2, -0.15) is 4.31 Å². The quantitative estimate of drug-likeness (QED) is 0.937. The van der Waals surface area contributed by atoms with Crippen molar-refractivity contribution in [3.05, 3.63) is 59.1 Å². The number of para-hydroxylation sites is 1. The topological polar surface area (TPSA) is 57.6 Å². The van der Waals surface area contributed by atoms with Crippen molar-refractivity contribution in [3.8, 4) is 5.75 Å². The third-order valence-corrected chi connectivity index (χ3v) is 5.61. The molecule has 0 aliphatic rings. The van der Waals surface area contributed by atoms with Crippen LogP contribution in [-0.2, 0) is 10.0 Å². The first-order valence-electron chi connectivity index (χ1n) is 6.35. The molecule has 0 radical (unpaired) electrons. The van der Waals surface area contributed by atoms with Gasteiger partial charge in [0.05, 0.1) is 0 Å². The number of phenols is 1. The molecule has 2 aromatic rings. The molecule has 1 atom stereocenters. The fourth-order valence-electron chi connectivity index (χ4n) is 2.01. The number of hydrogen-bond acceptors (Lipinski definition) is 3. The molecule has 21 heavy (non-hydrogen) atoms. The number of nitrogens with zero attached hydrogens (tertiary/aromatic N) is 1. The fourth-order valence-corrected chi connectivity index (χ4v) is 3.64. The highest BCUT2D eigenvalue weighted by Gasteiger charge is 2.28. The van der Waals surface area contributed by atoms with Gasteiger partial charge in [-0.25, -0.2) is 8.42 Å². The predicted molar refractivity (Wildman–Crippen MR) is 82.9 cm³/mol. The number of phenolic OH excluding ortho intramolecular Hbond substituents is 1. The molecule has 0 aromatic heterocycles. The molecule has 6 heteroatoms. The van der Waals surface area contributed by atoms with Crippen LogP contribution in [0.15, 0.2) is 53.4 Å². The number of hydrogen-bond donors (Lipinski definition) is 1. The Labute approximate surface area is 129 Å². The molecule has 1 unspecified atom stereocenters. The van der Waals surface area contributed by atoms with Crippen molar-refractivity contribution in [1.82, 2.24) is 4.31 Å². The van der Waals surface area contributed by atoms with Crippen LogP contribution in [0.3, 0.4) is 0 Å².